The van der Waals surface area contributed by atoms with Crippen LogP contribution in [0.4, 0.5) is 4.79 Å². The van der Waals surface area contributed by atoms with Gasteiger partial charge in [0, 0.05) is 5.71 Å². The summed E-state index contributed by atoms with van der Waals surface area (Å²) in [5, 5.41) is 12.2. The Labute approximate surface area is 70.7 Å². The molecule has 0 radical (unpaired) electrons. The second-order valence-electron chi connectivity index (χ2n) is 3.60. The zero-order valence-electron chi connectivity index (χ0n) is 6.79. The molecule has 0 aromatic rings. The predicted molar refractivity (Wildman–Crippen MR) is 44.0 cm³/mol. The van der Waals surface area contributed by atoms with Crippen LogP contribution in [0.5, 0.6) is 0 Å². The van der Waals surface area contributed by atoms with Gasteiger partial charge in [0.15, 0.2) is 0 Å². The van der Waals surface area contributed by atoms with Gasteiger partial charge in [-0.1, -0.05) is 0 Å². The van der Waals surface area contributed by atoms with Crippen LogP contribution in [-0.2, 0) is 0 Å². The zero-order valence-corrected chi connectivity index (χ0v) is 6.79. The molecular formula is C8H12N2O2. The van der Waals surface area contributed by atoms with Crippen LogP contribution in [0.2, 0.25) is 0 Å². The molecule has 2 aliphatic rings. The van der Waals surface area contributed by atoms with E-state index in [0.29, 0.717) is 5.92 Å². The number of hydrazone groups is 1. The fourth-order valence-electron chi connectivity index (χ4n) is 2.28. The minimum absolute atomic E-state index is 0.571. The quantitative estimate of drug-likeness (QED) is 0.582. The Hall–Kier alpha value is -1.06. The van der Waals surface area contributed by atoms with Gasteiger partial charge in [-0.25, -0.2) is 10.2 Å². The van der Waals surface area contributed by atoms with Crippen LogP contribution < -0.4 is 5.43 Å². The molecule has 4 nitrogen and oxygen atoms in total. The predicted octanol–water partition coefficient (Wildman–Crippen LogP) is 1.43. The summed E-state index contributed by atoms with van der Waals surface area (Å²) in [5.41, 5.74) is 3.14. The fraction of sp³-hybridized carbons (Fsp3) is 0.750. The standard InChI is InChI=1S/C8H12N2O2/c11-8(12)10-9-7-4-5-1-2-6(7)3-5/h5-6,10H,1-4H2,(H,11,12). The molecule has 2 fully saturated rings. The van der Waals surface area contributed by atoms with E-state index < -0.39 is 6.09 Å². The third-order valence-corrected chi connectivity index (χ3v) is 2.81. The number of fused-ring (bicyclic) bond motifs is 2. The largest absolute Gasteiger partial charge is 0.464 e. The summed E-state index contributed by atoms with van der Waals surface area (Å²) in [7, 11) is 0. The number of hydrogen-bond donors (Lipinski definition) is 2. The fourth-order valence-corrected chi connectivity index (χ4v) is 2.28. The van der Waals surface area contributed by atoms with Crippen LogP contribution in [0, 0.1) is 11.8 Å². The molecule has 2 N–H and O–H groups in total. The molecule has 0 aromatic carbocycles. The van der Waals surface area contributed by atoms with Gasteiger partial charge >= 0.3 is 6.09 Å². The number of hydrogen-bond acceptors (Lipinski definition) is 2. The molecular weight excluding hydrogens is 156 g/mol. The average Bonchev–Trinajstić information content (AvgIpc) is 2.60. The van der Waals surface area contributed by atoms with Crippen LogP contribution in [0.25, 0.3) is 0 Å². The van der Waals surface area contributed by atoms with Crippen molar-refractivity contribution >= 4 is 11.8 Å². The summed E-state index contributed by atoms with van der Waals surface area (Å²) < 4.78 is 0. The highest BCUT2D eigenvalue weighted by Crippen LogP contribution is 2.42. The van der Waals surface area contributed by atoms with Crippen molar-refractivity contribution in [3.8, 4) is 0 Å². The number of nitrogens with one attached hydrogen (secondary N) is 1. The summed E-state index contributed by atoms with van der Waals surface area (Å²) >= 11 is 0. The summed E-state index contributed by atoms with van der Waals surface area (Å²) in [5.74, 6) is 1.35. The van der Waals surface area contributed by atoms with Gasteiger partial charge in [-0.3, -0.25) is 0 Å². The number of amides is 1. The Morgan fingerprint density at radius 2 is 2.42 bits per heavy atom. The van der Waals surface area contributed by atoms with Crippen molar-refractivity contribution in [2.75, 3.05) is 0 Å². The van der Waals surface area contributed by atoms with Crippen molar-refractivity contribution in [2.24, 2.45) is 16.9 Å². The molecule has 1 amide bonds. The van der Waals surface area contributed by atoms with Gasteiger partial charge in [-0.2, -0.15) is 5.10 Å². The molecule has 0 aliphatic heterocycles. The maximum absolute atomic E-state index is 10.1. The Morgan fingerprint density at radius 1 is 1.58 bits per heavy atom. The van der Waals surface area contributed by atoms with Crippen molar-refractivity contribution < 1.29 is 9.90 Å². The zero-order chi connectivity index (χ0) is 8.55. The summed E-state index contributed by atoms with van der Waals surface area (Å²) in [6.45, 7) is 0. The first kappa shape index (κ1) is 7.58. The molecule has 0 spiro atoms. The molecule has 0 aromatic heterocycles. The second-order valence-corrected chi connectivity index (χ2v) is 3.60. The number of nitrogens with zero attached hydrogens (tertiary/aromatic N) is 1. The summed E-state index contributed by atoms with van der Waals surface area (Å²) in [4.78, 5) is 10.1. The van der Waals surface area contributed by atoms with Gasteiger partial charge in [-0.05, 0) is 37.5 Å². The Morgan fingerprint density at radius 3 is 2.92 bits per heavy atom. The number of carbonyl (C=O) groups is 1. The average molecular weight is 168 g/mol. The number of carboxylic acid groups (broad SMARTS) is 1. The van der Waals surface area contributed by atoms with E-state index in [2.05, 4.69) is 10.5 Å². The van der Waals surface area contributed by atoms with E-state index >= 15 is 0 Å². The highest BCUT2D eigenvalue weighted by molar-refractivity contribution is 5.90. The summed E-state index contributed by atoms with van der Waals surface area (Å²) in [6.07, 6.45) is 3.66. The molecule has 2 rings (SSSR count). The first-order valence-electron chi connectivity index (χ1n) is 4.31. The van der Waals surface area contributed by atoms with Gasteiger partial charge in [0.1, 0.15) is 0 Å². The minimum atomic E-state index is -1.06. The maximum Gasteiger partial charge on any atom is 0.425 e. The van der Waals surface area contributed by atoms with Crippen molar-refractivity contribution in [3.63, 3.8) is 0 Å². The SMILES string of the molecule is O=C(O)NN=C1CC2CCC1C2. The molecule has 2 bridgehead atoms. The highest BCUT2D eigenvalue weighted by Gasteiger charge is 2.36. The summed E-state index contributed by atoms with van der Waals surface area (Å²) in [6, 6.07) is 0. The van der Waals surface area contributed by atoms with E-state index in [1.807, 2.05) is 0 Å². The monoisotopic (exact) mass is 168 g/mol. The lowest BCUT2D eigenvalue weighted by molar-refractivity contribution is 0.195. The van der Waals surface area contributed by atoms with E-state index in [-0.39, 0.29) is 0 Å². The van der Waals surface area contributed by atoms with Crippen molar-refractivity contribution in [3.05, 3.63) is 0 Å². The van der Waals surface area contributed by atoms with Gasteiger partial charge < -0.3 is 5.11 Å². The van der Waals surface area contributed by atoms with Gasteiger partial charge in [-0.15, -0.1) is 0 Å². The molecule has 2 unspecified atom stereocenters. The molecule has 66 valence electrons. The van der Waals surface area contributed by atoms with Crippen LogP contribution >= 0.6 is 0 Å². The molecule has 2 aliphatic carbocycles. The van der Waals surface area contributed by atoms with E-state index in [4.69, 9.17) is 5.11 Å². The first-order valence-corrected chi connectivity index (χ1v) is 4.31. The normalized spacial score (nSPS) is 35.8. The minimum Gasteiger partial charge on any atom is -0.464 e. The van der Waals surface area contributed by atoms with E-state index in [0.717, 1.165) is 18.1 Å². The van der Waals surface area contributed by atoms with Crippen molar-refractivity contribution in [1.29, 1.82) is 0 Å². The molecule has 0 saturated heterocycles. The molecule has 4 heteroatoms. The van der Waals surface area contributed by atoms with Crippen LogP contribution in [0.1, 0.15) is 25.7 Å². The van der Waals surface area contributed by atoms with Gasteiger partial charge in [0.25, 0.3) is 0 Å². The lowest BCUT2D eigenvalue weighted by atomic mass is 9.99. The molecule has 12 heavy (non-hydrogen) atoms. The van der Waals surface area contributed by atoms with E-state index in [9.17, 15) is 4.79 Å². The third-order valence-electron chi connectivity index (χ3n) is 2.81. The highest BCUT2D eigenvalue weighted by atomic mass is 16.4. The van der Waals surface area contributed by atoms with Gasteiger partial charge in [0.05, 0.1) is 0 Å². The lowest BCUT2D eigenvalue weighted by Gasteiger charge is -2.10. The lowest BCUT2D eigenvalue weighted by Crippen LogP contribution is -2.19. The topological polar surface area (TPSA) is 61.7 Å². The van der Waals surface area contributed by atoms with Gasteiger partial charge in [0.2, 0.25) is 0 Å². The second kappa shape index (κ2) is 2.77. The van der Waals surface area contributed by atoms with Crippen molar-refractivity contribution in [2.45, 2.75) is 25.7 Å². The Kier molecular flexibility index (Phi) is 1.75. The molecule has 2 atom stereocenters. The van der Waals surface area contributed by atoms with Crippen molar-refractivity contribution in [1.82, 2.24) is 5.43 Å². The smallest absolute Gasteiger partial charge is 0.425 e. The Bertz CT molecular complexity index is 237. The maximum atomic E-state index is 10.1. The number of rotatable bonds is 1. The van der Waals surface area contributed by atoms with E-state index in [1.165, 1.54) is 19.3 Å². The third kappa shape index (κ3) is 1.29. The van der Waals surface area contributed by atoms with Crippen LogP contribution in [0.15, 0.2) is 5.10 Å². The molecule has 0 heterocycles. The van der Waals surface area contributed by atoms with Crippen LogP contribution in [0.3, 0.4) is 0 Å². The van der Waals surface area contributed by atoms with Crippen LogP contribution in [-0.4, -0.2) is 16.9 Å². The van der Waals surface area contributed by atoms with E-state index in [1.54, 1.807) is 0 Å². The first-order chi connectivity index (χ1) is 5.75. The molecule has 2 saturated carbocycles. The Balaban J connectivity index is 1.97.